The van der Waals surface area contributed by atoms with Gasteiger partial charge in [0.1, 0.15) is 0 Å². The Bertz CT molecular complexity index is 499. The van der Waals surface area contributed by atoms with Gasteiger partial charge in [0.15, 0.2) is 5.13 Å². The lowest BCUT2D eigenvalue weighted by Gasteiger charge is -2.01. The van der Waals surface area contributed by atoms with Gasteiger partial charge in [-0.3, -0.25) is 0 Å². The summed E-state index contributed by atoms with van der Waals surface area (Å²) >= 11 is 1.76. The van der Waals surface area contributed by atoms with Gasteiger partial charge in [-0.1, -0.05) is 30.3 Å². The molecule has 0 spiro atoms. The molecule has 0 bridgehead atoms. The van der Waals surface area contributed by atoms with Crippen LogP contribution in [0.4, 0.5) is 5.13 Å². The normalized spacial score (nSPS) is 22.5. The molecule has 0 saturated heterocycles. The van der Waals surface area contributed by atoms with Crippen LogP contribution in [-0.4, -0.2) is 11.0 Å². The highest BCUT2D eigenvalue weighted by Crippen LogP contribution is 2.43. The first-order chi connectivity index (χ1) is 8.24. The second kappa shape index (κ2) is 4.15. The molecular formula is C14H16N2S. The van der Waals surface area contributed by atoms with Gasteiger partial charge in [0.25, 0.3) is 0 Å². The minimum Gasteiger partial charge on any atom is -0.358 e. The van der Waals surface area contributed by atoms with Crippen LogP contribution in [0.5, 0.6) is 0 Å². The third-order valence-electron chi connectivity index (χ3n) is 3.36. The van der Waals surface area contributed by atoms with Crippen LogP contribution in [0.15, 0.2) is 30.3 Å². The van der Waals surface area contributed by atoms with Gasteiger partial charge in [-0.25, -0.2) is 4.98 Å². The van der Waals surface area contributed by atoms with E-state index in [0.717, 1.165) is 10.8 Å². The van der Waals surface area contributed by atoms with Crippen LogP contribution in [0, 0.1) is 13.8 Å². The molecule has 1 fully saturated rings. The monoisotopic (exact) mass is 244 g/mol. The number of hydrogen-bond acceptors (Lipinski definition) is 3. The molecular weight excluding hydrogens is 228 g/mol. The molecule has 1 aromatic carbocycles. The van der Waals surface area contributed by atoms with Crippen LogP contribution in [0.25, 0.3) is 0 Å². The van der Waals surface area contributed by atoms with Crippen LogP contribution in [-0.2, 0) is 0 Å². The van der Waals surface area contributed by atoms with E-state index < -0.39 is 0 Å². The van der Waals surface area contributed by atoms with E-state index >= 15 is 0 Å². The lowest BCUT2D eigenvalue weighted by Crippen LogP contribution is -2.03. The quantitative estimate of drug-likeness (QED) is 0.890. The first-order valence-electron chi connectivity index (χ1n) is 5.99. The molecule has 1 N–H and O–H groups in total. The summed E-state index contributed by atoms with van der Waals surface area (Å²) in [6.45, 7) is 4.19. The van der Waals surface area contributed by atoms with Gasteiger partial charge in [0, 0.05) is 16.8 Å². The summed E-state index contributed by atoms with van der Waals surface area (Å²) in [6, 6.07) is 11.3. The van der Waals surface area contributed by atoms with Crippen LogP contribution >= 0.6 is 11.3 Å². The van der Waals surface area contributed by atoms with E-state index in [1.165, 1.54) is 16.9 Å². The molecule has 17 heavy (non-hydrogen) atoms. The Labute approximate surface area is 106 Å². The zero-order valence-electron chi connectivity index (χ0n) is 10.1. The van der Waals surface area contributed by atoms with E-state index in [2.05, 4.69) is 54.5 Å². The summed E-state index contributed by atoms with van der Waals surface area (Å²) in [5.41, 5.74) is 2.59. The predicted molar refractivity (Wildman–Crippen MR) is 72.8 cm³/mol. The predicted octanol–water partition coefficient (Wildman–Crippen LogP) is 3.73. The molecule has 88 valence electrons. The minimum absolute atomic E-state index is 0.572. The topological polar surface area (TPSA) is 24.9 Å². The molecule has 1 aromatic heterocycles. The van der Waals surface area contributed by atoms with E-state index in [-0.39, 0.29) is 0 Å². The van der Waals surface area contributed by atoms with Crippen molar-refractivity contribution in [3.05, 3.63) is 46.5 Å². The van der Waals surface area contributed by atoms with Crippen LogP contribution in [0.1, 0.15) is 28.5 Å². The van der Waals surface area contributed by atoms with Gasteiger partial charge in [-0.15, -0.1) is 11.3 Å². The number of aryl methyl sites for hydroxylation is 2. The summed E-state index contributed by atoms with van der Waals surface area (Å²) in [4.78, 5) is 5.84. The van der Waals surface area contributed by atoms with Gasteiger partial charge in [0.2, 0.25) is 0 Å². The van der Waals surface area contributed by atoms with Gasteiger partial charge in [0.05, 0.1) is 5.69 Å². The maximum Gasteiger partial charge on any atom is 0.183 e. The molecule has 0 radical (unpaired) electrons. The number of nitrogens with zero attached hydrogens (tertiary/aromatic N) is 1. The van der Waals surface area contributed by atoms with Crippen molar-refractivity contribution >= 4 is 16.5 Å². The fourth-order valence-electron chi connectivity index (χ4n) is 2.12. The summed E-state index contributed by atoms with van der Waals surface area (Å²) in [5.74, 6) is 0.667. The van der Waals surface area contributed by atoms with Crippen molar-refractivity contribution in [1.82, 2.24) is 4.98 Å². The summed E-state index contributed by atoms with van der Waals surface area (Å²) < 4.78 is 0. The molecule has 1 heterocycles. The Morgan fingerprint density at radius 3 is 2.65 bits per heavy atom. The van der Waals surface area contributed by atoms with Gasteiger partial charge >= 0.3 is 0 Å². The molecule has 0 aliphatic heterocycles. The Balaban J connectivity index is 1.66. The van der Waals surface area contributed by atoms with Crippen LogP contribution < -0.4 is 5.32 Å². The number of anilines is 1. The molecule has 2 unspecified atom stereocenters. The van der Waals surface area contributed by atoms with E-state index in [1.807, 2.05) is 0 Å². The van der Waals surface area contributed by atoms with Crippen molar-refractivity contribution in [2.75, 3.05) is 5.32 Å². The van der Waals surface area contributed by atoms with Crippen molar-refractivity contribution in [1.29, 1.82) is 0 Å². The van der Waals surface area contributed by atoms with Crippen LogP contribution in [0.2, 0.25) is 0 Å². The Morgan fingerprint density at radius 2 is 2.00 bits per heavy atom. The fourth-order valence-corrected chi connectivity index (χ4v) is 2.99. The first-order valence-corrected chi connectivity index (χ1v) is 6.81. The Hall–Kier alpha value is -1.35. The second-order valence-electron chi connectivity index (χ2n) is 4.66. The smallest absolute Gasteiger partial charge is 0.183 e. The van der Waals surface area contributed by atoms with Crippen molar-refractivity contribution in [3.8, 4) is 0 Å². The highest BCUT2D eigenvalue weighted by Gasteiger charge is 2.38. The number of benzene rings is 1. The largest absolute Gasteiger partial charge is 0.358 e. The minimum atomic E-state index is 0.572. The fraction of sp³-hybridized carbons (Fsp3) is 0.357. The van der Waals surface area contributed by atoms with E-state index in [1.54, 1.807) is 11.3 Å². The zero-order chi connectivity index (χ0) is 11.8. The molecule has 2 nitrogen and oxygen atoms in total. The van der Waals surface area contributed by atoms with Crippen molar-refractivity contribution in [2.24, 2.45) is 0 Å². The molecule has 1 aliphatic carbocycles. The number of hydrogen-bond donors (Lipinski definition) is 1. The number of rotatable bonds is 3. The van der Waals surface area contributed by atoms with Gasteiger partial charge in [-0.05, 0) is 25.8 Å². The van der Waals surface area contributed by atoms with E-state index in [4.69, 9.17) is 0 Å². The van der Waals surface area contributed by atoms with Crippen molar-refractivity contribution in [3.63, 3.8) is 0 Å². The Morgan fingerprint density at radius 1 is 1.24 bits per heavy atom. The average Bonchev–Trinajstić information content (AvgIpc) is 3.01. The van der Waals surface area contributed by atoms with Crippen molar-refractivity contribution in [2.45, 2.75) is 32.2 Å². The molecule has 1 saturated carbocycles. The number of nitrogens with one attached hydrogen (secondary N) is 1. The van der Waals surface area contributed by atoms with E-state index in [0.29, 0.717) is 12.0 Å². The molecule has 2 atom stereocenters. The lowest BCUT2D eigenvalue weighted by molar-refractivity contribution is 1.04. The zero-order valence-corrected chi connectivity index (χ0v) is 10.9. The Kier molecular flexibility index (Phi) is 2.63. The number of aromatic nitrogens is 1. The summed E-state index contributed by atoms with van der Waals surface area (Å²) in [6.07, 6.45) is 1.22. The third kappa shape index (κ3) is 2.20. The first kappa shape index (κ1) is 10.8. The third-order valence-corrected chi connectivity index (χ3v) is 4.36. The average molecular weight is 244 g/mol. The molecule has 0 amide bonds. The van der Waals surface area contributed by atoms with E-state index in [9.17, 15) is 0 Å². The molecule has 2 aromatic rings. The molecule has 3 heteroatoms. The molecule has 3 rings (SSSR count). The maximum atomic E-state index is 4.53. The number of thiazole rings is 1. The van der Waals surface area contributed by atoms with Gasteiger partial charge < -0.3 is 5.32 Å². The lowest BCUT2D eigenvalue weighted by atomic mass is 10.1. The summed E-state index contributed by atoms with van der Waals surface area (Å²) in [5, 5.41) is 4.61. The van der Waals surface area contributed by atoms with Gasteiger partial charge in [-0.2, -0.15) is 0 Å². The highest BCUT2D eigenvalue weighted by molar-refractivity contribution is 7.15. The SMILES string of the molecule is Cc1nc(NC2CC2c2ccccc2)sc1C. The standard InChI is InChI=1S/C14H16N2S/c1-9-10(2)17-14(15-9)16-13-8-12(13)11-6-4-3-5-7-11/h3-7,12-13H,8H2,1-2H3,(H,15,16). The van der Waals surface area contributed by atoms with Crippen LogP contribution in [0.3, 0.4) is 0 Å². The maximum absolute atomic E-state index is 4.53. The highest BCUT2D eigenvalue weighted by atomic mass is 32.1. The second-order valence-corrected chi connectivity index (χ2v) is 5.87. The van der Waals surface area contributed by atoms with Crippen molar-refractivity contribution < 1.29 is 0 Å². The molecule has 1 aliphatic rings. The summed E-state index contributed by atoms with van der Waals surface area (Å²) in [7, 11) is 0.